The SMILES string of the molecule is NC(=O)c1cnc2c(c1)C[C@@H](CSC(F)F)N2. The van der Waals surface area contributed by atoms with E-state index in [1.807, 2.05) is 0 Å². The largest absolute Gasteiger partial charge is 0.366 e. The number of halogens is 2. The summed E-state index contributed by atoms with van der Waals surface area (Å²) in [4.78, 5) is 15.0. The predicted octanol–water partition coefficient (Wildman–Crippen LogP) is 1.47. The number of alkyl halides is 2. The second-order valence-corrected chi connectivity index (χ2v) is 4.76. The maximum Gasteiger partial charge on any atom is 0.284 e. The molecule has 4 nitrogen and oxygen atoms in total. The molecule has 1 aliphatic heterocycles. The first-order valence-electron chi connectivity index (χ1n) is 5.01. The van der Waals surface area contributed by atoms with E-state index in [4.69, 9.17) is 5.73 Å². The third kappa shape index (κ3) is 2.85. The van der Waals surface area contributed by atoms with Crippen LogP contribution in [0.4, 0.5) is 14.6 Å². The maximum atomic E-state index is 12.0. The van der Waals surface area contributed by atoms with Crippen molar-refractivity contribution in [1.82, 2.24) is 4.98 Å². The number of aromatic nitrogens is 1. The van der Waals surface area contributed by atoms with Crippen LogP contribution in [-0.2, 0) is 6.42 Å². The molecule has 0 radical (unpaired) electrons. The van der Waals surface area contributed by atoms with Gasteiger partial charge in [-0.3, -0.25) is 4.79 Å². The molecule has 1 aromatic rings. The summed E-state index contributed by atoms with van der Waals surface area (Å²) in [7, 11) is 0. The summed E-state index contributed by atoms with van der Waals surface area (Å²) in [6, 6.07) is 1.59. The lowest BCUT2D eigenvalue weighted by atomic mass is 10.1. The van der Waals surface area contributed by atoms with Gasteiger partial charge in [-0.05, 0) is 18.1 Å². The molecular weight excluding hydrogens is 248 g/mol. The number of rotatable bonds is 4. The molecule has 1 amide bonds. The average Bonchev–Trinajstić information content (AvgIpc) is 2.67. The molecule has 0 unspecified atom stereocenters. The van der Waals surface area contributed by atoms with E-state index in [1.54, 1.807) is 6.07 Å². The molecule has 2 rings (SSSR count). The third-order valence-corrected chi connectivity index (χ3v) is 3.33. The normalized spacial score (nSPS) is 17.9. The number of thioether (sulfide) groups is 1. The van der Waals surface area contributed by atoms with Gasteiger partial charge in [0, 0.05) is 18.0 Å². The molecule has 92 valence electrons. The van der Waals surface area contributed by atoms with Crippen LogP contribution in [0.25, 0.3) is 0 Å². The van der Waals surface area contributed by atoms with Gasteiger partial charge in [0.15, 0.2) is 0 Å². The van der Waals surface area contributed by atoms with Crippen molar-refractivity contribution in [2.75, 3.05) is 11.1 Å². The Kier molecular flexibility index (Phi) is 3.46. The van der Waals surface area contributed by atoms with Gasteiger partial charge < -0.3 is 11.1 Å². The number of carbonyl (C=O) groups excluding carboxylic acids is 1. The van der Waals surface area contributed by atoms with Crippen molar-refractivity contribution in [1.29, 1.82) is 0 Å². The first-order valence-corrected chi connectivity index (χ1v) is 6.06. The highest BCUT2D eigenvalue weighted by Gasteiger charge is 2.23. The molecule has 1 aromatic heterocycles. The Morgan fingerprint density at radius 2 is 2.47 bits per heavy atom. The first-order chi connectivity index (χ1) is 8.06. The van der Waals surface area contributed by atoms with Crippen molar-refractivity contribution in [2.45, 2.75) is 18.2 Å². The number of anilines is 1. The minimum atomic E-state index is -2.37. The number of nitrogens with one attached hydrogen (secondary N) is 1. The summed E-state index contributed by atoms with van der Waals surface area (Å²) in [6.45, 7) is 0. The highest BCUT2D eigenvalue weighted by atomic mass is 32.2. The lowest BCUT2D eigenvalue weighted by molar-refractivity contribution is 0.1000. The van der Waals surface area contributed by atoms with Crippen LogP contribution in [0.2, 0.25) is 0 Å². The minimum Gasteiger partial charge on any atom is -0.366 e. The van der Waals surface area contributed by atoms with E-state index in [-0.39, 0.29) is 6.04 Å². The topological polar surface area (TPSA) is 68.0 Å². The van der Waals surface area contributed by atoms with Gasteiger partial charge in [-0.15, -0.1) is 0 Å². The number of nitrogens with zero attached hydrogens (tertiary/aromatic N) is 1. The van der Waals surface area contributed by atoms with Gasteiger partial charge >= 0.3 is 0 Å². The Hall–Kier alpha value is -1.37. The van der Waals surface area contributed by atoms with Crippen LogP contribution in [0.1, 0.15) is 15.9 Å². The Balaban J connectivity index is 2.04. The van der Waals surface area contributed by atoms with E-state index >= 15 is 0 Å². The van der Waals surface area contributed by atoms with E-state index in [9.17, 15) is 13.6 Å². The quantitative estimate of drug-likeness (QED) is 0.859. The summed E-state index contributed by atoms with van der Waals surface area (Å²) in [5.74, 6) is -1.95. The van der Waals surface area contributed by atoms with Gasteiger partial charge in [0.05, 0.1) is 5.56 Å². The summed E-state index contributed by atoms with van der Waals surface area (Å²) in [5.41, 5.74) is 6.33. The molecule has 3 N–H and O–H groups in total. The molecule has 0 aromatic carbocycles. The molecule has 2 heterocycles. The van der Waals surface area contributed by atoms with Crippen molar-refractivity contribution in [3.8, 4) is 0 Å². The zero-order chi connectivity index (χ0) is 12.4. The van der Waals surface area contributed by atoms with Crippen LogP contribution in [-0.4, -0.2) is 28.4 Å². The molecule has 0 aliphatic carbocycles. The van der Waals surface area contributed by atoms with E-state index in [1.165, 1.54) is 6.20 Å². The molecule has 1 atom stereocenters. The van der Waals surface area contributed by atoms with Crippen molar-refractivity contribution in [3.63, 3.8) is 0 Å². The fraction of sp³-hybridized carbons (Fsp3) is 0.400. The van der Waals surface area contributed by atoms with Crippen molar-refractivity contribution >= 4 is 23.5 Å². The monoisotopic (exact) mass is 259 g/mol. The average molecular weight is 259 g/mol. The number of carbonyl (C=O) groups is 1. The summed E-state index contributed by atoms with van der Waals surface area (Å²) in [6.07, 6.45) is 1.97. The third-order valence-electron chi connectivity index (χ3n) is 2.48. The van der Waals surface area contributed by atoms with Crippen molar-refractivity contribution in [2.24, 2.45) is 5.73 Å². The summed E-state index contributed by atoms with van der Waals surface area (Å²) in [5, 5.41) is 3.04. The molecule has 0 saturated carbocycles. The number of hydrogen-bond acceptors (Lipinski definition) is 4. The number of fused-ring (bicyclic) bond motifs is 1. The van der Waals surface area contributed by atoms with Crippen LogP contribution >= 0.6 is 11.8 Å². The molecule has 0 saturated heterocycles. The van der Waals surface area contributed by atoms with Crippen LogP contribution in [0.15, 0.2) is 12.3 Å². The molecule has 17 heavy (non-hydrogen) atoms. The van der Waals surface area contributed by atoms with Gasteiger partial charge in [-0.25, -0.2) is 4.98 Å². The van der Waals surface area contributed by atoms with Crippen LogP contribution in [0.5, 0.6) is 0 Å². The van der Waals surface area contributed by atoms with Crippen molar-refractivity contribution < 1.29 is 13.6 Å². The van der Waals surface area contributed by atoms with E-state index in [0.717, 1.165) is 5.56 Å². The molecule has 0 bridgehead atoms. The predicted molar refractivity (Wildman–Crippen MR) is 62.3 cm³/mol. The molecular formula is C10H11F2N3OS. The lowest BCUT2D eigenvalue weighted by Gasteiger charge is -2.09. The van der Waals surface area contributed by atoms with E-state index < -0.39 is 11.7 Å². The number of hydrogen-bond donors (Lipinski definition) is 2. The highest BCUT2D eigenvalue weighted by Crippen LogP contribution is 2.27. The zero-order valence-corrected chi connectivity index (χ0v) is 9.64. The van der Waals surface area contributed by atoms with E-state index in [2.05, 4.69) is 10.3 Å². The van der Waals surface area contributed by atoms with Gasteiger partial charge in [-0.1, -0.05) is 11.8 Å². The molecule has 0 spiro atoms. The van der Waals surface area contributed by atoms with Gasteiger partial charge in [0.25, 0.3) is 5.76 Å². The number of pyridine rings is 1. The van der Waals surface area contributed by atoms with Crippen LogP contribution in [0.3, 0.4) is 0 Å². The first kappa shape index (κ1) is 12.1. The summed E-state index contributed by atoms with van der Waals surface area (Å²) >= 11 is 0.594. The number of primary amides is 1. The lowest BCUT2D eigenvalue weighted by Crippen LogP contribution is -2.19. The highest BCUT2D eigenvalue weighted by molar-refractivity contribution is 7.99. The number of amides is 1. The van der Waals surface area contributed by atoms with Gasteiger partial charge in [0.1, 0.15) is 5.82 Å². The summed E-state index contributed by atoms with van der Waals surface area (Å²) < 4.78 is 24.1. The number of nitrogens with two attached hydrogens (primary N) is 1. The fourth-order valence-corrected chi connectivity index (χ4v) is 2.31. The van der Waals surface area contributed by atoms with E-state index in [0.29, 0.717) is 35.3 Å². The Morgan fingerprint density at radius 3 is 3.12 bits per heavy atom. The Morgan fingerprint density at radius 1 is 1.71 bits per heavy atom. The molecule has 0 fully saturated rings. The molecule has 1 aliphatic rings. The second kappa shape index (κ2) is 4.87. The second-order valence-electron chi connectivity index (χ2n) is 3.74. The standard InChI is InChI=1S/C10H11F2N3OS/c11-10(12)17-4-7-2-5-1-6(8(13)16)3-14-9(5)15-7/h1,3,7,10H,2,4H2,(H2,13,16)(H,14,15)/t7-/m0/s1. The Labute approximate surface area is 101 Å². The van der Waals surface area contributed by atoms with Crippen LogP contribution < -0.4 is 11.1 Å². The Bertz CT molecular complexity index is 442. The molecule has 7 heteroatoms. The van der Waals surface area contributed by atoms with Crippen LogP contribution in [0, 0.1) is 0 Å². The van der Waals surface area contributed by atoms with Gasteiger partial charge in [-0.2, -0.15) is 8.78 Å². The van der Waals surface area contributed by atoms with Gasteiger partial charge in [0.2, 0.25) is 5.91 Å². The fourth-order valence-electron chi connectivity index (χ4n) is 1.73. The maximum absolute atomic E-state index is 12.0. The van der Waals surface area contributed by atoms with Crippen molar-refractivity contribution in [3.05, 3.63) is 23.4 Å². The smallest absolute Gasteiger partial charge is 0.284 e. The zero-order valence-electron chi connectivity index (χ0n) is 8.82. The minimum absolute atomic E-state index is 0.0698.